The second-order valence-electron chi connectivity index (χ2n) is 5.05. The average molecular weight is 210 g/mol. The van der Waals surface area contributed by atoms with E-state index >= 15 is 0 Å². The maximum atomic E-state index is 5.99. The predicted molar refractivity (Wildman–Crippen MR) is 65.7 cm³/mol. The van der Waals surface area contributed by atoms with Crippen molar-refractivity contribution in [3.63, 3.8) is 0 Å². The van der Waals surface area contributed by atoms with E-state index in [0.29, 0.717) is 5.92 Å². The Kier molecular flexibility index (Phi) is 5.21. The van der Waals surface area contributed by atoms with Crippen molar-refractivity contribution in [1.82, 2.24) is 0 Å². The van der Waals surface area contributed by atoms with Crippen LogP contribution >= 0.6 is 0 Å². The monoisotopic (exact) mass is 210 g/mol. The van der Waals surface area contributed by atoms with Crippen molar-refractivity contribution in [2.45, 2.75) is 59.8 Å². The van der Waals surface area contributed by atoms with E-state index < -0.39 is 0 Å². The third-order valence-corrected chi connectivity index (χ3v) is 3.53. The first kappa shape index (κ1) is 12.6. The predicted octanol–water partition coefficient (Wildman–Crippen LogP) is 4.53. The van der Waals surface area contributed by atoms with Gasteiger partial charge in [0.1, 0.15) is 0 Å². The van der Waals surface area contributed by atoms with Crippen LogP contribution in [0.4, 0.5) is 0 Å². The van der Waals surface area contributed by atoms with E-state index in [1.165, 1.54) is 37.9 Å². The lowest BCUT2D eigenvalue weighted by Gasteiger charge is -2.25. The van der Waals surface area contributed by atoms with Gasteiger partial charge in [-0.2, -0.15) is 0 Å². The lowest BCUT2D eigenvalue weighted by molar-refractivity contribution is 0.145. The van der Waals surface area contributed by atoms with Crippen LogP contribution in [0.3, 0.4) is 0 Å². The van der Waals surface area contributed by atoms with Gasteiger partial charge in [0.2, 0.25) is 0 Å². The molecular formula is C14H26O. The SMILES string of the molecule is CCC1=C(OCC(C)CC)C[C@@H](C)CC1. The largest absolute Gasteiger partial charge is 0.498 e. The number of hydrogen-bond donors (Lipinski definition) is 0. The van der Waals surface area contributed by atoms with E-state index in [2.05, 4.69) is 27.7 Å². The fraction of sp³-hybridized carbons (Fsp3) is 0.857. The van der Waals surface area contributed by atoms with Gasteiger partial charge in [-0.15, -0.1) is 0 Å². The Bertz CT molecular complexity index is 217. The van der Waals surface area contributed by atoms with Gasteiger partial charge < -0.3 is 4.74 Å². The Labute approximate surface area is 94.9 Å². The summed E-state index contributed by atoms with van der Waals surface area (Å²) >= 11 is 0. The summed E-state index contributed by atoms with van der Waals surface area (Å²) < 4.78 is 5.99. The first-order chi connectivity index (χ1) is 7.17. The van der Waals surface area contributed by atoms with Crippen LogP contribution in [0.5, 0.6) is 0 Å². The Morgan fingerprint density at radius 1 is 1.40 bits per heavy atom. The molecular weight excluding hydrogens is 184 g/mol. The highest BCUT2D eigenvalue weighted by Gasteiger charge is 2.18. The molecule has 0 aromatic carbocycles. The molecule has 0 radical (unpaired) electrons. The molecule has 0 N–H and O–H groups in total. The first-order valence-electron chi connectivity index (χ1n) is 6.51. The molecule has 1 rings (SSSR count). The fourth-order valence-electron chi connectivity index (χ4n) is 2.02. The minimum atomic E-state index is 0.688. The van der Waals surface area contributed by atoms with E-state index in [1.807, 2.05) is 0 Å². The number of ether oxygens (including phenoxy) is 1. The van der Waals surface area contributed by atoms with Crippen molar-refractivity contribution < 1.29 is 4.74 Å². The summed E-state index contributed by atoms with van der Waals surface area (Å²) in [4.78, 5) is 0. The van der Waals surface area contributed by atoms with Crippen LogP contribution in [0, 0.1) is 11.8 Å². The summed E-state index contributed by atoms with van der Waals surface area (Å²) in [5.74, 6) is 2.82. The maximum Gasteiger partial charge on any atom is 0.0954 e. The normalized spacial score (nSPS) is 24.1. The molecule has 2 atom stereocenters. The Hall–Kier alpha value is -0.460. The standard InChI is InChI=1S/C14H26O/c1-5-11(3)10-15-14-9-12(4)7-8-13(14)6-2/h11-12H,5-10H2,1-4H3/t11?,12-/m0/s1. The second-order valence-corrected chi connectivity index (χ2v) is 5.05. The number of hydrogen-bond acceptors (Lipinski definition) is 1. The molecule has 0 heterocycles. The minimum absolute atomic E-state index is 0.688. The molecule has 0 saturated heterocycles. The van der Waals surface area contributed by atoms with Gasteiger partial charge in [-0.1, -0.05) is 34.1 Å². The Morgan fingerprint density at radius 3 is 2.73 bits per heavy atom. The summed E-state index contributed by atoms with van der Waals surface area (Å²) in [6.45, 7) is 9.98. The van der Waals surface area contributed by atoms with Crippen molar-refractivity contribution in [2.24, 2.45) is 11.8 Å². The third-order valence-electron chi connectivity index (χ3n) is 3.53. The summed E-state index contributed by atoms with van der Waals surface area (Å²) in [5.41, 5.74) is 1.57. The van der Waals surface area contributed by atoms with Crippen LogP contribution < -0.4 is 0 Å². The molecule has 88 valence electrons. The zero-order chi connectivity index (χ0) is 11.3. The molecule has 0 aliphatic heterocycles. The molecule has 0 saturated carbocycles. The molecule has 1 nitrogen and oxygen atoms in total. The zero-order valence-electron chi connectivity index (χ0n) is 10.8. The van der Waals surface area contributed by atoms with E-state index in [-0.39, 0.29) is 0 Å². The summed E-state index contributed by atoms with van der Waals surface area (Å²) in [7, 11) is 0. The quantitative estimate of drug-likeness (QED) is 0.647. The number of rotatable bonds is 5. The summed E-state index contributed by atoms with van der Waals surface area (Å²) in [6, 6.07) is 0. The molecule has 1 heteroatoms. The summed E-state index contributed by atoms with van der Waals surface area (Å²) in [5, 5.41) is 0. The number of allylic oxidation sites excluding steroid dienone is 2. The molecule has 1 aliphatic rings. The van der Waals surface area contributed by atoms with Crippen molar-refractivity contribution in [2.75, 3.05) is 6.61 Å². The Morgan fingerprint density at radius 2 is 2.13 bits per heavy atom. The highest BCUT2D eigenvalue weighted by Crippen LogP contribution is 2.31. The van der Waals surface area contributed by atoms with Crippen molar-refractivity contribution in [1.29, 1.82) is 0 Å². The van der Waals surface area contributed by atoms with E-state index in [9.17, 15) is 0 Å². The average Bonchev–Trinajstić information content (AvgIpc) is 2.26. The van der Waals surface area contributed by atoms with Crippen LogP contribution in [0.2, 0.25) is 0 Å². The van der Waals surface area contributed by atoms with Gasteiger partial charge in [-0.25, -0.2) is 0 Å². The third kappa shape index (κ3) is 3.89. The van der Waals surface area contributed by atoms with Gasteiger partial charge >= 0.3 is 0 Å². The van der Waals surface area contributed by atoms with E-state index in [1.54, 1.807) is 5.57 Å². The summed E-state index contributed by atoms with van der Waals surface area (Å²) in [6.07, 6.45) is 6.15. The minimum Gasteiger partial charge on any atom is -0.498 e. The highest BCUT2D eigenvalue weighted by molar-refractivity contribution is 5.12. The maximum absolute atomic E-state index is 5.99. The molecule has 0 aromatic rings. The lowest BCUT2D eigenvalue weighted by Crippen LogP contribution is -2.13. The van der Waals surface area contributed by atoms with Gasteiger partial charge in [0, 0.05) is 6.42 Å². The smallest absolute Gasteiger partial charge is 0.0954 e. The zero-order valence-corrected chi connectivity index (χ0v) is 10.8. The molecule has 0 aromatic heterocycles. The molecule has 1 aliphatic carbocycles. The van der Waals surface area contributed by atoms with Crippen molar-refractivity contribution >= 4 is 0 Å². The second kappa shape index (κ2) is 6.19. The highest BCUT2D eigenvalue weighted by atomic mass is 16.5. The Balaban J connectivity index is 2.51. The van der Waals surface area contributed by atoms with Gasteiger partial charge in [-0.3, -0.25) is 0 Å². The lowest BCUT2D eigenvalue weighted by atomic mass is 9.88. The van der Waals surface area contributed by atoms with Crippen molar-refractivity contribution in [3.05, 3.63) is 11.3 Å². The molecule has 15 heavy (non-hydrogen) atoms. The van der Waals surface area contributed by atoms with Gasteiger partial charge in [-0.05, 0) is 36.7 Å². The van der Waals surface area contributed by atoms with Gasteiger partial charge in [0.15, 0.2) is 0 Å². The molecule has 1 unspecified atom stereocenters. The molecule has 0 amide bonds. The van der Waals surface area contributed by atoms with Crippen LogP contribution in [0.25, 0.3) is 0 Å². The first-order valence-corrected chi connectivity index (χ1v) is 6.51. The molecule has 0 fully saturated rings. The molecule has 0 bridgehead atoms. The van der Waals surface area contributed by atoms with Crippen LogP contribution in [-0.4, -0.2) is 6.61 Å². The fourth-order valence-corrected chi connectivity index (χ4v) is 2.02. The van der Waals surface area contributed by atoms with E-state index in [0.717, 1.165) is 12.5 Å². The van der Waals surface area contributed by atoms with Crippen LogP contribution in [0.15, 0.2) is 11.3 Å². The molecule has 0 spiro atoms. The van der Waals surface area contributed by atoms with Crippen molar-refractivity contribution in [3.8, 4) is 0 Å². The van der Waals surface area contributed by atoms with Crippen LogP contribution in [0.1, 0.15) is 59.8 Å². The van der Waals surface area contributed by atoms with Crippen LogP contribution in [-0.2, 0) is 4.74 Å². The van der Waals surface area contributed by atoms with E-state index in [4.69, 9.17) is 4.74 Å². The van der Waals surface area contributed by atoms with Gasteiger partial charge in [0.05, 0.1) is 12.4 Å². The topological polar surface area (TPSA) is 9.23 Å². The van der Waals surface area contributed by atoms with Gasteiger partial charge in [0.25, 0.3) is 0 Å².